The zero-order chi connectivity index (χ0) is 20.6. The van der Waals surface area contributed by atoms with Crippen LogP contribution in [-0.2, 0) is 11.3 Å². The number of rotatable bonds is 10. The van der Waals surface area contributed by atoms with Crippen molar-refractivity contribution < 1.29 is 19.0 Å². The summed E-state index contributed by atoms with van der Waals surface area (Å²) in [5.74, 6) is 1.93. The first kappa shape index (κ1) is 27.8. The maximum atomic E-state index is 12.5. The highest BCUT2D eigenvalue weighted by Crippen LogP contribution is 2.39. The first-order valence-corrected chi connectivity index (χ1v) is 9.35. The zero-order valence-electron chi connectivity index (χ0n) is 17.8. The van der Waals surface area contributed by atoms with Crippen LogP contribution >= 0.6 is 24.8 Å². The second-order valence-electron chi connectivity index (χ2n) is 6.47. The van der Waals surface area contributed by atoms with Gasteiger partial charge in [-0.15, -0.1) is 24.8 Å². The quantitative estimate of drug-likeness (QED) is 0.554. The summed E-state index contributed by atoms with van der Waals surface area (Å²) in [5, 5.41) is 2.96. The number of pyridine rings is 1. The van der Waals surface area contributed by atoms with Gasteiger partial charge in [0.15, 0.2) is 11.5 Å². The van der Waals surface area contributed by atoms with E-state index in [4.69, 9.17) is 19.9 Å². The van der Waals surface area contributed by atoms with Gasteiger partial charge in [0.05, 0.1) is 19.6 Å². The maximum absolute atomic E-state index is 12.5. The molecule has 0 aliphatic rings. The number of halogens is 2. The highest BCUT2D eigenvalue weighted by atomic mass is 35.5. The van der Waals surface area contributed by atoms with Crippen LogP contribution in [0.5, 0.6) is 23.1 Å². The molecule has 30 heavy (non-hydrogen) atoms. The van der Waals surface area contributed by atoms with Crippen LogP contribution in [0.4, 0.5) is 0 Å². The van der Waals surface area contributed by atoms with E-state index in [-0.39, 0.29) is 30.7 Å². The number of hydrogen-bond acceptors (Lipinski definition) is 6. The number of ether oxygens (including phenoxy) is 3. The van der Waals surface area contributed by atoms with E-state index in [2.05, 4.69) is 10.3 Å². The van der Waals surface area contributed by atoms with Crippen LogP contribution in [0, 0.1) is 5.41 Å². The van der Waals surface area contributed by atoms with Crippen molar-refractivity contribution in [2.45, 2.75) is 33.2 Å². The van der Waals surface area contributed by atoms with Crippen molar-refractivity contribution in [1.29, 1.82) is 0 Å². The molecule has 2 aromatic rings. The van der Waals surface area contributed by atoms with E-state index in [1.54, 1.807) is 38.6 Å². The molecule has 0 saturated carbocycles. The third-order valence-electron chi connectivity index (χ3n) is 5.07. The largest absolute Gasteiger partial charge is 0.493 e. The SMILES string of the molecule is CCC(CC)(CN)C(=O)NCc1ccc(Oc2c(OC)cccc2OC)nc1.Cl.Cl. The third-order valence-corrected chi connectivity index (χ3v) is 5.07. The summed E-state index contributed by atoms with van der Waals surface area (Å²) in [7, 11) is 3.13. The van der Waals surface area contributed by atoms with Gasteiger partial charge in [-0.1, -0.05) is 26.0 Å². The second-order valence-corrected chi connectivity index (χ2v) is 6.47. The molecule has 7 nitrogen and oxygen atoms in total. The normalized spacial score (nSPS) is 10.3. The van der Waals surface area contributed by atoms with Crippen LogP contribution in [0.15, 0.2) is 36.5 Å². The van der Waals surface area contributed by atoms with Crippen LogP contribution in [0.25, 0.3) is 0 Å². The first-order valence-electron chi connectivity index (χ1n) is 9.35. The lowest BCUT2D eigenvalue weighted by Gasteiger charge is -2.28. The molecule has 0 fully saturated rings. The summed E-state index contributed by atoms with van der Waals surface area (Å²) in [6, 6.07) is 8.98. The number of hydrogen-bond donors (Lipinski definition) is 2. The van der Waals surface area contributed by atoms with Crippen molar-refractivity contribution in [1.82, 2.24) is 10.3 Å². The van der Waals surface area contributed by atoms with Crippen LogP contribution < -0.4 is 25.3 Å². The number of nitrogens with two attached hydrogens (primary N) is 1. The molecular weight excluding hydrogens is 429 g/mol. The molecule has 0 spiro atoms. The fraction of sp³-hybridized carbons (Fsp3) is 0.429. The Hall–Kier alpha value is -2.22. The molecule has 0 aliphatic carbocycles. The van der Waals surface area contributed by atoms with E-state index in [9.17, 15) is 4.79 Å². The fourth-order valence-corrected chi connectivity index (χ4v) is 2.92. The molecule has 9 heteroatoms. The number of amides is 1. The van der Waals surface area contributed by atoms with Gasteiger partial charge in [-0.2, -0.15) is 0 Å². The molecule has 0 unspecified atom stereocenters. The van der Waals surface area contributed by atoms with Crippen LogP contribution in [0.1, 0.15) is 32.3 Å². The molecule has 1 amide bonds. The summed E-state index contributed by atoms with van der Waals surface area (Å²) < 4.78 is 16.5. The smallest absolute Gasteiger partial charge is 0.227 e. The maximum Gasteiger partial charge on any atom is 0.227 e. The number of carbonyl (C=O) groups is 1. The van der Waals surface area contributed by atoms with Crippen molar-refractivity contribution in [3.8, 4) is 23.1 Å². The number of nitrogens with one attached hydrogen (secondary N) is 1. The average molecular weight is 460 g/mol. The predicted molar refractivity (Wildman–Crippen MR) is 122 cm³/mol. The summed E-state index contributed by atoms with van der Waals surface area (Å²) in [6.07, 6.45) is 3.08. The van der Waals surface area contributed by atoms with E-state index >= 15 is 0 Å². The summed E-state index contributed by atoms with van der Waals surface area (Å²) in [6.45, 7) is 4.68. The van der Waals surface area contributed by atoms with Crippen molar-refractivity contribution in [2.75, 3.05) is 20.8 Å². The number of methoxy groups -OCH3 is 2. The second kappa shape index (κ2) is 13.2. The van der Waals surface area contributed by atoms with Crippen molar-refractivity contribution >= 4 is 30.7 Å². The lowest BCUT2D eigenvalue weighted by molar-refractivity contribution is -0.131. The van der Waals surface area contributed by atoms with E-state index in [0.29, 0.717) is 49.1 Å². The molecule has 0 radical (unpaired) electrons. The summed E-state index contributed by atoms with van der Waals surface area (Å²) >= 11 is 0. The standard InChI is InChI=1S/C21H29N3O4.2ClH/c1-5-21(6-2,14-22)20(25)24-13-15-10-11-18(23-12-15)28-19-16(26-3)8-7-9-17(19)27-4;;/h7-12H,5-6,13-14,22H2,1-4H3,(H,24,25);2*1H. The van der Waals surface area contributed by atoms with Gasteiger partial charge >= 0.3 is 0 Å². The number of carbonyl (C=O) groups excluding carboxylic acids is 1. The topological polar surface area (TPSA) is 95.7 Å². The Kier molecular flexibility index (Phi) is 12.2. The highest BCUT2D eigenvalue weighted by Gasteiger charge is 2.32. The molecule has 1 aromatic heterocycles. The third kappa shape index (κ3) is 6.39. The minimum Gasteiger partial charge on any atom is -0.493 e. The lowest BCUT2D eigenvalue weighted by atomic mass is 9.81. The molecular formula is C21H31Cl2N3O4. The lowest BCUT2D eigenvalue weighted by Crippen LogP contribution is -2.45. The highest BCUT2D eigenvalue weighted by molar-refractivity contribution is 5.85. The van der Waals surface area contributed by atoms with E-state index in [1.165, 1.54) is 0 Å². The van der Waals surface area contributed by atoms with Crippen LogP contribution in [0.2, 0.25) is 0 Å². The number of nitrogens with zero attached hydrogens (tertiary/aromatic N) is 1. The Bertz CT molecular complexity index is 754. The molecule has 3 N–H and O–H groups in total. The zero-order valence-corrected chi connectivity index (χ0v) is 19.4. The Labute approximate surface area is 190 Å². The van der Waals surface area contributed by atoms with E-state index in [1.807, 2.05) is 26.0 Å². The fourth-order valence-electron chi connectivity index (χ4n) is 2.92. The van der Waals surface area contributed by atoms with Gasteiger partial charge in [0.1, 0.15) is 0 Å². The van der Waals surface area contributed by atoms with E-state index < -0.39 is 5.41 Å². The molecule has 1 aromatic carbocycles. The number of para-hydroxylation sites is 1. The van der Waals surface area contributed by atoms with Gasteiger partial charge in [-0.05, 0) is 30.5 Å². The van der Waals surface area contributed by atoms with Crippen molar-refractivity contribution in [3.05, 3.63) is 42.1 Å². The van der Waals surface area contributed by atoms with Crippen LogP contribution in [0.3, 0.4) is 0 Å². The molecule has 0 saturated heterocycles. The van der Waals surface area contributed by atoms with Gasteiger partial charge in [-0.25, -0.2) is 4.98 Å². The molecule has 2 rings (SSSR count). The Morgan fingerprint density at radius 3 is 2.10 bits per heavy atom. The van der Waals surface area contributed by atoms with E-state index in [0.717, 1.165) is 5.56 Å². The molecule has 0 bridgehead atoms. The minimum atomic E-state index is -0.517. The van der Waals surface area contributed by atoms with Crippen molar-refractivity contribution in [3.63, 3.8) is 0 Å². The number of aromatic nitrogens is 1. The minimum absolute atomic E-state index is 0. The summed E-state index contributed by atoms with van der Waals surface area (Å²) in [4.78, 5) is 16.8. The predicted octanol–water partition coefficient (Wildman–Crippen LogP) is 4.12. The molecule has 0 atom stereocenters. The van der Waals surface area contributed by atoms with Crippen LogP contribution in [-0.4, -0.2) is 31.7 Å². The average Bonchev–Trinajstić information content (AvgIpc) is 2.75. The molecule has 168 valence electrons. The Morgan fingerprint density at radius 2 is 1.67 bits per heavy atom. The van der Waals surface area contributed by atoms with Gasteiger partial charge in [0.2, 0.25) is 17.5 Å². The summed E-state index contributed by atoms with van der Waals surface area (Å²) in [5.41, 5.74) is 6.18. The van der Waals surface area contributed by atoms with Gasteiger partial charge in [-0.3, -0.25) is 4.79 Å². The van der Waals surface area contributed by atoms with Gasteiger partial charge in [0, 0.05) is 25.4 Å². The number of benzene rings is 1. The van der Waals surface area contributed by atoms with Crippen molar-refractivity contribution in [2.24, 2.45) is 11.1 Å². The van der Waals surface area contributed by atoms with Gasteiger partial charge < -0.3 is 25.3 Å². The molecule has 0 aliphatic heterocycles. The first-order chi connectivity index (χ1) is 13.5. The Balaban J connectivity index is 0.00000420. The Morgan fingerprint density at radius 1 is 1.07 bits per heavy atom. The molecule has 1 heterocycles. The van der Waals surface area contributed by atoms with Gasteiger partial charge in [0.25, 0.3) is 0 Å². The monoisotopic (exact) mass is 459 g/mol.